The molecule has 0 bridgehead atoms. The van der Waals surface area contributed by atoms with E-state index in [-0.39, 0.29) is 0 Å². The molecule has 0 fully saturated rings. The Bertz CT molecular complexity index is 2050. The van der Waals surface area contributed by atoms with Gasteiger partial charge in [-0.3, -0.25) is 0 Å². The van der Waals surface area contributed by atoms with Crippen LogP contribution < -0.4 is 4.90 Å². The van der Waals surface area contributed by atoms with Crippen LogP contribution in [0.5, 0.6) is 0 Å². The Morgan fingerprint density at radius 1 is 0.255 bits per heavy atom. The molecule has 1 heteroatoms. The Morgan fingerprint density at radius 2 is 0.574 bits per heavy atom. The number of rotatable bonds is 9. The summed E-state index contributed by atoms with van der Waals surface area (Å²) in [6.07, 6.45) is 13.0. The van der Waals surface area contributed by atoms with Gasteiger partial charge in [0.05, 0.1) is 0 Å². The van der Waals surface area contributed by atoms with Gasteiger partial charge in [0.15, 0.2) is 0 Å². The first kappa shape index (κ1) is 29.5. The molecule has 7 aromatic carbocycles. The molecule has 0 amide bonds. The molecule has 0 saturated carbocycles. The average molecular weight is 602 g/mol. The molecule has 0 saturated heterocycles. The van der Waals surface area contributed by atoms with E-state index in [0.29, 0.717) is 0 Å². The summed E-state index contributed by atoms with van der Waals surface area (Å²) in [5.74, 6) is 0. The maximum atomic E-state index is 2.33. The third-order valence-electron chi connectivity index (χ3n) is 8.21. The number of nitrogens with zero attached hydrogens (tertiary/aromatic N) is 1. The SMILES string of the molecule is C(=C\c1ccc(N(c2ccc(/C=C/c3ccccc3)cc2)c2ccc3cc(/C=C/c4ccccc4)ccc3c2)cc1)/c1ccccc1. The summed E-state index contributed by atoms with van der Waals surface area (Å²) < 4.78 is 0. The van der Waals surface area contributed by atoms with Crippen LogP contribution in [0.25, 0.3) is 47.2 Å². The van der Waals surface area contributed by atoms with Gasteiger partial charge in [0.1, 0.15) is 0 Å². The molecular formula is C46H35N. The van der Waals surface area contributed by atoms with Crippen molar-refractivity contribution in [3.05, 3.63) is 209 Å². The van der Waals surface area contributed by atoms with E-state index in [9.17, 15) is 0 Å². The predicted molar refractivity (Wildman–Crippen MR) is 205 cm³/mol. The fourth-order valence-electron chi connectivity index (χ4n) is 5.68. The Kier molecular flexibility index (Phi) is 8.97. The molecule has 0 atom stereocenters. The van der Waals surface area contributed by atoms with E-state index in [0.717, 1.165) is 28.2 Å². The molecule has 0 aromatic heterocycles. The summed E-state index contributed by atoms with van der Waals surface area (Å²) in [6, 6.07) is 62.2. The second kappa shape index (κ2) is 14.3. The monoisotopic (exact) mass is 601 g/mol. The van der Waals surface area contributed by atoms with Crippen LogP contribution >= 0.6 is 0 Å². The van der Waals surface area contributed by atoms with Gasteiger partial charge in [-0.25, -0.2) is 0 Å². The molecular weight excluding hydrogens is 567 g/mol. The summed E-state index contributed by atoms with van der Waals surface area (Å²) >= 11 is 0. The summed E-state index contributed by atoms with van der Waals surface area (Å²) in [4.78, 5) is 2.33. The van der Waals surface area contributed by atoms with E-state index in [2.05, 4.69) is 199 Å². The van der Waals surface area contributed by atoms with Crippen molar-refractivity contribution < 1.29 is 0 Å². The Hall–Kier alpha value is -6.18. The number of benzene rings is 7. The fourth-order valence-corrected chi connectivity index (χ4v) is 5.68. The lowest BCUT2D eigenvalue weighted by Crippen LogP contribution is -2.09. The van der Waals surface area contributed by atoms with Gasteiger partial charge < -0.3 is 4.90 Å². The number of hydrogen-bond donors (Lipinski definition) is 0. The highest BCUT2D eigenvalue weighted by atomic mass is 15.1. The second-order valence-electron chi connectivity index (χ2n) is 11.5. The van der Waals surface area contributed by atoms with Crippen molar-refractivity contribution in [3.8, 4) is 0 Å². The minimum Gasteiger partial charge on any atom is -0.310 e. The van der Waals surface area contributed by atoms with Crippen LogP contribution in [0, 0.1) is 0 Å². The molecule has 7 aromatic rings. The zero-order chi connectivity index (χ0) is 31.7. The van der Waals surface area contributed by atoms with Gasteiger partial charge >= 0.3 is 0 Å². The summed E-state index contributed by atoms with van der Waals surface area (Å²) in [5.41, 5.74) is 10.4. The van der Waals surface area contributed by atoms with Crippen LogP contribution in [0.15, 0.2) is 176 Å². The van der Waals surface area contributed by atoms with E-state index >= 15 is 0 Å². The van der Waals surface area contributed by atoms with E-state index in [4.69, 9.17) is 0 Å². The minimum absolute atomic E-state index is 1.11. The highest BCUT2D eigenvalue weighted by molar-refractivity contribution is 5.91. The Labute approximate surface area is 277 Å². The van der Waals surface area contributed by atoms with Gasteiger partial charge in [-0.1, -0.05) is 170 Å². The number of hydrogen-bond acceptors (Lipinski definition) is 1. The first-order valence-corrected chi connectivity index (χ1v) is 16.0. The molecule has 47 heavy (non-hydrogen) atoms. The molecule has 0 heterocycles. The molecule has 0 aliphatic carbocycles. The summed E-state index contributed by atoms with van der Waals surface area (Å²) in [6.45, 7) is 0. The van der Waals surface area contributed by atoms with E-state index in [1.165, 1.54) is 33.0 Å². The molecule has 0 spiro atoms. The maximum absolute atomic E-state index is 2.33. The van der Waals surface area contributed by atoms with Crippen LogP contribution in [0.2, 0.25) is 0 Å². The molecule has 1 nitrogen and oxygen atoms in total. The molecule has 0 unspecified atom stereocenters. The summed E-state index contributed by atoms with van der Waals surface area (Å²) in [5, 5.41) is 2.42. The van der Waals surface area contributed by atoms with Gasteiger partial charge in [0.2, 0.25) is 0 Å². The maximum Gasteiger partial charge on any atom is 0.0468 e. The Balaban J connectivity index is 1.20. The van der Waals surface area contributed by atoms with Gasteiger partial charge in [-0.05, 0) is 86.6 Å². The van der Waals surface area contributed by atoms with Crippen molar-refractivity contribution in [1.29, 1.82) is 0 Å². The second-order valence-corrected chi connectivity index (χ2v) is 11.5. The smallest absolute Gasteiger partial charge is 0.0468 e. The normalized spacial score (nSPS) is 11.6. The van der Waals surface area contributed by atoms with Crippen LogP contribution in [0.3, 0.4) is 0 Å². The van der Waals surface area contributed by atoms with E-state index < -0.39 is 0 Å². The number of anilines is 3. The van der Waals surface area contributed by atoms with Gasteiger partial charge in [0, 0.05) is 17.1 Å². The largest absolute Gasteiger partial charge is 0.310 e. The first-order chi connectivity index (χ1) is 23.3. The van der Waals surface area contributed by atoms with Crippen molar-refractivity contribution in [2.45, 2.75) is 0 Å². The van der Waals surface area contributed by atoms with Crippen LogP contribution in [-0.2, 0) is 0 Å². The van der Waals surface area contributed by atoms with Crippen molar-refractivity contribution in [2.75, 3.05) is 4.90 Å². The average Bonchev–Trinajstić information content (AvgIpc) is 3.14. The molecule has 0 aliphatic heterocycles. The van der Waals surface area contributed by atoms with Crippen LogP contribution in [0.4, 0.5) is 17.1 Å². The molecule has 0 N–H and O–H groups in total. The van der Waals surface area contributed by atoms with Crippen molar-refractivity contribution >= 4 is 64.3 Å². The highest BCUT2D eigenvalue weighted by Gasteiger charge is 2.13. The lowest BCUT2D eigenvalue weighted by molar-refractivity contribution is 1.29. The zero-order valence-electron chi connectivity index (χ0n) is 26.2. The standard InChI is InChI=1S/C46H35N/c1-4-10-36(11-5-1)16-18-39-23-29-44(30-24-39)47(45-31-25-40(26-32-45)19-17-37-12-6-2-7-13-37)46-33-28-42-34-41(22-27-43(42)35-46)21-20-38-14-8-3-9-15-38/h1-35H/b18-16+,19-17+,21-20+. The van der Waals surface area contributed by atoms with Crippen LogP contribution in [-0.4, -0.2) is 0 Å². The lowest BCUT2D eigenvalue weighted by Gasteiger charge is -2.26. The summed E-state index contributed by atoms with van der Waals surface area (Å²) in [7, 11) is 0. The quantitative estimate of drug-likeness (QED) is 0.149. The molecule has 7 rings (SSSR count). The molecule has 0 aliphatic rings. The van der Waals surface area contributed by atoms with Crippen molar-refractivity contribution in [2.24, 2.45) is 0 Å². The molecule has 0 radical (unpaired) electrons. The highest BCUT2D eigenvalue weighted by Crippen LogP contribution is 2.37. The Morgan fingerprint density at radius 3 is 1.02 bits per heavy atom. The third kappa shape index (κ3) is 7.56. The topological polar surface area (TPSA) is 3.24 Å². The predicted octanol–water partition coefficient (Wildman–Crippen LogP) is 12.8. The van der Waals surface area contributed by atoms with Crippen molar-refractivity contribution in [1.82, 2.24) is 0 Å². The van der Waals surface area contributed by atoms with Crippen molar-refractivity contribution in [3.63, 3.8) is 0 Å². The zero-order valence-corrected chi connectivity index (χ0v) is 26.2. The minimum atomic E-state index is 1.11. The van der Waals surface area contributed by atoms with Crippen LogP contribution in [0.1, 0.15) is 33.4 Å². The van der Waals surface area contributed by atoms with Gasteiger partial charge in [-0.15, -0.1) is 0 Å². The van der Waals surface area contributed by atoms with Gasteiger partial charge in [0.25, 0.3) is 0 Å². The van der Waals surface area contributed by atoms with Gasteiger partial charge in [-0.2, -0.15) is 0 Å². The first-order valence-electron chi connectivity index (χ1n) is 16.0. The number of fused-ring (bicyclic) bond motifs is 1. The third-order valence-corrected chi connectivity index (χ3v) is 8.21. The lowest BCUT2D eigenvalue weighted by atomic mass is 10.0. The van der Waals surface area contributed by atoms with E-state index in [1.807, 2.05) is 18.2 Å². The van der Waals surface area contributed by atoms with E-state index in [1.54, 1.807) is 0 Å². The fraction of sp³-hybridized carbons (Fsp3) is 0. The molecule has 224 valence electrons.